The molecule has 0 heterocycles. The van der Waals surface area contributed by atoms with Gasteiger partial charge in [0.2, 0.25) is 11.8 Å². The number of aryl methyl sites for hydroxylation is 1. The van der Waals surface area contributed by atoms with Crippen LogP contribution in [-0.4, -0.2) is 52.6 Å². The topological polar surface area (TPSA) is 108 Å². The second-order valence-electron chi connectivity index (χ2n) is 9.09. The first-order chi connectivity index (χ1) is 14.9. The molecule has 1 aromatic carbocycles. The number of benzene rings is 1. The Labute approximate surface area is 191 Å². The number of ether oxygens (including phenoxy) is 1. The molecule has 0 bridgehead atoms. The minimum Gasteiger partial charge on any atom is -0.508 e. The van der Waals surface area contributed by atoms with Crippen molar-refractivity contribution in [3.8, 4) is 5.75 Å². The van der Waals surface area contributed by atoms with Crippen molar-refractivity contribution in [3.05, 3.63) is 29.3 Å². The summed E-state index contributed by atoms with van der Waals surface area (Å²) in [6.45, 7) is 12.9. The van der Waals surface area contributed by atoms with Crippen molar-refractivity contribution in [1.29, 1.82) is 0 Å². The molecule has 1 aromatic rings. The van der Waals surface area contributed by atoms with Gasteiger partial charge in [-0.05, 0) is 70.7 Å². The van der Waals surface area contributed by atoms with Gasteiger partial charge in [-0.25, -0.2) is 4.79 Å². The molecule has 0 aliphatic heterocycles. The molecule has 180 valence electrons. The van der Waals surface area contributed by atoms with Crippen molar-refractivity contribution < 1.29 is 24.2 Å². The summed E-state index contributed by atoms with van der Waals surface area (Å²) in [5.41, 5.74) is 0.524. The summed E-state index contributed by atoms with van der Waals surface area (Å²) in [5.74, 6) is -0.575. The molecule has 8 nitrogen and oxygen atoms in total. The fraction of sp³-hybridized carbons (Fsp3) is 0.625. The number of rotatable bonds is 10. The smallest absolute Gasteiger partial charge is 0.408 e. The predicted molar refractivity (Wildman–Crippen MR) is 124 cm³/mol. The van der Waals surface area contributed by atoms with E-state index in [4.69, 9.17) is 4.74 Å². The number of amides is 3. The second kappa shape index (κ2) is 12.3. The molecule has 0 saturated heterocycles. The van der Waals surface area contributed by atoms with Gasteiger partial charge in [-0.2, -0.15) is 0 Å². The van der Waals surface area contributed by atoms with E-state index in [1.165, 1.54) is 11.0 Å². The quantitative estimate of drug-likeness (QED) is 0.503. The van der Waals surface area contributed by atoms with Crippen molar-refractivity contribution in [1.82, 2.24) is 15.5 Å². The zero-order valence-corrected chi connectivity index (χ0v) is 20.4. The Hall–Kier alpha value is -2.77. The number of hydrogen-bond acceptors (Lipinski definition) is 5. The molecule has 3 N–H and O–H groups in total. The normalized spacial score (nSPS) is 13.1. The van der Waals surface area contributed by atoms with Crippen LogP contribution in [0, 0.1) is 6.92 Å². The van der Waals surface area contributed by atoms with Crippen LogP contribution in [0.5, 0.6) is 5.75 Å². The molecule has 0 aromatic heterocycles. The minimum absolute atomic E-state index is 0.0494. The van der Waals surface area contributed by atoms with Gasteiger partial charge in [-0.1, -0.05) is 26.3 Å². The number of phenols is 1. The minimum atomic E-state index is -0.888. The van der Waals surface area contributed by atoms with E-state index in [0.29, 0.717) is 24.1 Å². The molecule has 0 radical (unpaired) electrons. The molecule has 0 aliphatic rings. The van der Waals surface area contributed by atoms with Gasteiger partial charge in [-0.15, -0.1) is 0 Å². The molecular formula is C24H39N3O5. The van der Waals surface area contributed by atoms with Gasteiger partial charge in [0.15, 0.2) is 0 Å². The van der Waals surface area contributed by atoms with E-state index in [2.05, 4.69) is 10.6 Å². The summed E-state index contributed by atoms with van der Waals surface area (Å²) in [4.78, 5) is 39.9. The van der Waals surface area contributed by atoms with Gasteiger partial charge in [0.05, 0.1) is 0 Å². The maximum atomic E-state index is 13.3. The first-order valence-electron chi connectivity index (χ1n) is 11.3. The van der Waals surface area contributed by atoms with Crippen LogP contribution >= 0.6 is 0 Å². The van der Waals surface area contributed by atoms with E-state index in [9.17, 15) is 19.5 Å². The lowest BCUT2D eigenvalue weighted by atomic mass is 10.00. The monoisotopic (exact) mass is 449 g/mol. The first-order valence-corrected chi connectivity index (χ1v) is 11.3. The van der Waals surface area contributed by atoms with Crippen LogP contribution in [0.15, 0.2) is 18.2 Å². The summed E-state index contributed by atoms with van der Waals surface area (Å²) in [6, 6.07) is 3.94. The summed E-state index contributed by atoms with van der Waals surface area (Å²) < 4.78 is 5.20. The van der Waals surface area contributed by atoms with Crippen molar-refractivity contribution in [2.24, 2.45) is 0 Å². The van der Waals surface area contributed by atoms with Crippen LogP contribution in [0.2, 0.25) is 0 Å². The van der Waals surface area contributed by atoms with Gasteiger partial charge in [0.25, 0.3) is 0 Å². The number of carbonyl (C=O) groups excluding carboxylic acids is 3. The van der Waals surface area contributed by atoms with Gasteiger partial charge < -0.3 is 25.4 Å². The van der Waals surface area contributed by atoms with Crippen LogP contribution < -0.4 is 10.6 Å². The van der Waals surface area contributed by atoms with Gasteiger partial charge in [0.1, 0.15) is 23.9 Å². The van der Waals surface area contributed by atoms with Gasteiger partial charge >= 0.3 is 6.09 Å². The molecule has 3 amide bonds. The molecule has 8 heteroatoms. The lowest BCUT2D eigenvalue weighted by Crippen LogP contribution is -2.49. The number of nitrogens with one attached hydrogen (secondary N) is 2. The average molecular weight is 450 g/mol. The third-order valence-electron chi connectivity index (χ3n) is 4.77. The van der Waals surface area contributed by atoms with E-state index in [1.54, 1.807) is 39.8 Å². The van der Waals surface area contributed by atoms with Crippen LogP contribution in [0.25, 0.3) is 0 Å². The Morgan fingerprint density at radius 1 is 1.16 bits per heavy atom. The highest BCUT2D eigenvalue weighted by atomic mass is 16.6. The highest BCUT2D eigenvalue weighted by molar-refractivity contribution is 5.90. The number of aromatic hydroxyl groups is 1. The van der Waals surface area contributed by atoms with Crippen molar-refractivity contribution in [2.75, 3.05) is 13.1 Å². The fourth-order valence-electron chi connectivity index (χ4n) is 3.35. The van der Waals surface area contributed by atoms with E-state index < -0.39 is 23.6 Å². The van der Waals surface area contributed by atoms with E-state index in [0.717, 1.165) is 12.8 Å². The Kier molecular flexibility index (Phi) is 10.5. The maximum absolute atomic E-state index is 13.3. The summed E-state index contributed by atoms with van der Waals surface area (Å²) in [6.07, 6.45) is 1.67. The van der Waals surface area contributed by atoms with Crippen LogP contribution in [-0.2, 0) is 14.3 Å². The number of carbonyl (C=O) groups is 3. The number of hydrogen-bond donors (Lipinski definition) is 3. The molecular weight excluding hydrogens is 410 g/mol. The molecule has 2 unspecified atom stereocenters. The second-order valence-corrected chi connectivity index (χ2v) is 9.09. The average Bonchev–Trinajstić information content (AvgIpc) is 2.67. The predicted octanol–water partition coefficient (Wildman–Crippen LogP) is 3.81. The van der Waals surface area contributed by atoms with E-state index in [-0.39, 0.29) is 24.2 Å². The van der Waals surface area contributed by atoms with Gasteiger partial charge in [0, 0.05) is 12.6 Å². The highest BCUT2D eigenvalue weighted by Crippen LogP contribution is 2.27. The van der Waals surface area contributed by atoms with Crippen molar-refractivity contribution in [3.63, 3.8) is 0 Å². The lowest BCUT2D eigenvalue weighted by molar-refractivity contribution is -0.140. The lowest BCUT2D eigenvalue weighted by Gasteiger charge is -2.32. The molecule has 2 atom stereocenters. The van der Waals surface area contributed by atoms with Gasteiger partial charge in [-0.3, -0.25) is 9.59 Å². The zero-order valence-electron chi connectivity index (χ0n) is 20.4. The molecule has 0 fully saturated rings. The molecule has 0 spiro atoms. The number of alkyl carbamates (subject to hydrolysis) is 1. The van der Waals surface area contributed by atoms with Crippen LogP contribution in [0.1, 0.15) is 78.0 Å². The Morgan fingerprint density at radius 3 is 2.34 bits per heavy atom. The Morgan fingerprint density at radius 2 is 1.81 bits per heavy atom. The van der Waals surface area contributed by atoms with Crippen LogP contribution in [0.3, 0.4) is 0 Å². The third-order valence-corrected chi connectivity index (χ3v) is 4.77. The standard InChI is InChI=1S/C24H39N3O5/c1-8-10-17(4)26-22(30)21(18-11-12-19(28)16(3)14-18)27(13-9-2)20(29)15-25-23(31)32-24(5,6)7/h11-12,14,17,21,28H,8-10,13,15H2,1-7H3,(H,25,31)(H,26,30). The molecule has 1 rings (SSSR count). The largest absolute Gasteiger partial charge is 0.508 e. The van der Waals surface area contributed by atoms with Crippen LogP contribution in [0.4, 0.5) is 4.79 Å². The maximum Gasteiger partial charge on any atom is 0.408 e. The third kappa shape index (κ3) is 8.77. The number of phenolic OH excluding ortho intramolecular Hbond substituents is 1. The molecule has 0 saturated carbocycles. The SMILES string of the molecule is CCCC(C)NC(=O)C(c1ccc(O)c(C)c1)N(CCC)C(=O)CNC(=O)OC(C)(C)C. The van der Waals surface area contributed by atoms with Crippen molar-refractivity contribution >= 4 is 17.9 Å². The van der Waals surface area contributed by atoms with E-state index >= 15 is 0 Å². The van der Waals surface area contributed by atoms with E-state index in [1.807, 2.05) is 20.8 Å². The summed E-state index contributed by atoms with van der Waals surface area (Å²) in [5, 5.41) is 15.4. The highest BCUT2D eigenvalue weighted by Gasteiger charge is 2.32. The number of nitrogens with zero attached hydrogens (tertiary/aromatic N) is 1. The summed E-state index contributed by atoms with van der Waals surface area (Å²) >= 11 is 0. The Bertz CT molecular complexity index is 788. The van der Waals surface area contributed by atoms with Crippen molar-refractivity contribution in [2.45, 2.75) is 85.4 Å². The Balaban J connectivity index is 3.19. The fourth-order valence-corrected chi connectivity index (χ4v) is 3.35. The summed E-state index contributed by atoms with van der Waals surface area (Å²) in [7, 11) is 0. The first kappa shape index (κ1) is 27.3. The molecule has 32 heavy (non-hydrogen) atoms. The molecule has 0 aliphatic carbocycles. The zero-order chi connectivity index (χ0) is 24.5.